The van der Waals surface area contributed by atoms with Crippen LogP contribution in [0.4, 0.5) is 26.7 Å². The lowest BCUT2D eigenvalue weighted by Gasteiger charge is -2.29. The van der Waals surface area contributed by atoms with Crippen LogP contribution in [-0.2, 0) is 9.53 Å². The minimum atomic E-state index is -0.511. The Hall–Kier alpha value is -3.88. The summed E-state index contributed by atoms with van der Waals surface area (Å²) in [5.74, 6) is -0.123. The maximum absolute atomic E-state index is 12.5. The Balaban J connectivity index is 1.72. The summed E-state index contributed by atoms with van der Waals surface area (Å²) < 4.78 is 4.70. The first-order chi connectivity index (χ1) is 14.7. The summed E-state index contributed by atoms with van der Waals surface area (Å²) in [5, 5.41) is 9.75. The normalized spacial score (nSPS) is 14.7. The highest BCUT2D eigenvalue weighted by Crippen LogP contribution is 2.30. The Morgan fingerprint density at radius 2 is 1.74 bits per heavy atom. The van der Waals surface area contributed by atoms with E-state index in [-0.39, 0.29) is 5.91 Å². The molecule has 0 saturated heterocycles. The van der Waals surface area contributed by atoms with E-state index in [9.17, 15) is 14.4 Å². The molecule has 31 heavy (non-hydrogen) atoms. The van der Waals surface area contributed by atoms with Crippen molar-refractivity contribution in [3.63, 3.8) is 0 Å². The third kappa shape index (κ3) is 5.19. The molecule has 2 aromatic rings. The van der Waals surface area contributed by atoms with Crippen LogP contribution in [0.25, 0.3) is 0 Å². The molecular formula is C22H25N5O4. The fourth-order valence-electron chi connectivity index (χ4n) is 3.32. The van der Waals surface area contributed by atoms with E-state index < -0.39 is 17.5 Å². The Bertz CT molecular complexity index is 1050. The van der Waals surface area contributed by atoms with Gasteiger partial charge in [-0.2, -0.15) is 5.10 Å². The molecule has 3 N–H and O–H groups in total. The summed E-state index contributed by atoms with van der Waals surface area (Å²) in [6.07, 6.45) is -0.177. The Morgan fingerprint density at radius 3 is 2.39 bits per heavy atom. The van der Waals surface area contributed by atoms with Gasteiger partial charge in [0.2, 0.25) is 5.91 Å². The standard InChI is InChI=1S/C22H25N5O4/c1-22(2)13-18(28)25-26-19(22)14-7-5-8-15(11-14)23-20(29)24-16-9-6-10-17(12-16)27(3)21(30)31-4/h5-12H,13H2,1-4H3,(H,25,28)(H2,23,24,29). The fraction of sp³-hybridized carbons (Fsp3) is 0.273. The lowest BCUT2D eigenvalue weighted by Crippen LogP contribution is -2.39. The number of urea groups is 1. The van der Waals surface area contributed by atoms with Crippen LogP contribution in [0, 0.1) is 5.41 Å². The number of ether oxygens (including phenoxy) is 1. The number of rotatable bonds is 4. The lowest BCUT2D eigenvalue weighted by molar-refractivity contribution is -0.122. The molecule has 162 valence electrons. The zero-order valence-electron chi connectivity index (χ0n) is 17.9. The Morgan fingerprint density at radius 1 is 1.10 bits per heavy atom. The number of nitrogens with one attached hydrogen (secondary N) is 3. The van der Waals surface area contributed by atoms with E-state index in [1.807, 2.05) is 26.0 Å². The van der Waals surface area contributed by atoms with Gasteiger partial charge in [-0.3, -0.25) is 9.69 Å². The zero-order valence-corrected chi connectivity index (χ0v) is 17.9. The topological polar surface area (TPSA) is 112 Å². The molecule has 4 amide bonds. The number of benzene rings is 2. The van der Waals surface area contributed by atoms with Crippen LogP contribution >= 0.6 is 0 Å². The molecule has 0 radical (unpaired) electrons. The number of nitrogens with zero attached hydrogens (tertiary/aromatic N) is 2. The summed E-state index contributed by atoms with van der Waals surface area (Å²) in [6.45, 7) is 3.91. The molecule has 2 aromatic carbocycles. The van der Waals surface area contributed by atoms with Gasteiger partial charge in [0.25, 0.3) is 0 Å². The first-order valence-electron chi connectivity index (χ1n) is 9.67. The number of anilines is 3. The van der Waals surface area contributed by atoms with Gasteiger partial charge in [0.15, 0.2) is 0 Å². The van der Waals surface area contributed by atoms with E-state index in [1.165, 1.54) is 12.0 Å². The first-order valence-corrected chi connectivity index (χ1v) is 9.67. The molecular weight excluding hydrogens is 398 g/mol. The molecule has 0 aromatic heterocycles. The van der Waals surface area contributed by atoms with Gasteiger partial charge in [-0.15, -0.1) is 0 Å². The van der Waals surface area contributed by atoms with Crippen molar-refractivity contribution in [2.75, 3.05) is 29.7 Å². The minimum absolute atomic E-state index is 0.123. The van der Waals surface area contributed by atoms with Crippen LogP contribution in [0.5, 0.6) is 0 Å². The summed E-state index contributed by atoms with van der Waals surface area (Å²) in [5.41, 5.74) is 5.32. The summed E-state index contributed by atoms with van der Waals surface area (Å²) in [4.78, 5) is 37.2. The lowest BCUT2D eigenvalue weighted by atomic mass is 9.79. The number of hydrogen-bond acceptors (Lipinski definition) is 5. The Kier molecular flexibility index (Phi) is 6.24. The molecule has 0 bridgehead atoms. The largest absolute Gasteiger partial charge is 0.452 e. The highest BCUT2D eigenvalue weighted by atomic mass is 16.5. The number of carbonyl (C=O) groups is 3. The van der Waals surface area contributed by atoms with Crippen LogP contribution in [0.1, 0.15) is 25.8 Å². The number of methoxy groups -OCH3 is 1. The average molecular weight is 423 g/mol. The van der Waals surface area contributed by atoms with Crippen molar-refractivity contribution >= 4 is 40.8 Å². The van der Waals surface area contributed by atoms with Crippen molar-refractivity contribution in [3.05, 3.63) is 54.1 Å². The highest BCUT2D eigenvalue weighted by Gasteiger charge is 2.33. The SMILES string of the molecule is COC(=O)N(C)c1cccc(NC(=O)Nc2cccc(C3=NNC(=O)CC3(C)C)c2)c1. The molecule has 3 rings (SSSR count). The minimum Gasteiger partial charge on any atom is -0.452 e. The number of hydrogen-bond donors (Lipinski definition) is 3. The van der Waals surface area contributed by atoms with Gasteiger partial charge in [0.1, 0.15) is 0 Å². The van der Waals surface area contributed by atoms with Crippen molar-refractivity contribution in [2.45, 2.75) is 20.3 Å². The molecule has 1 aliphatic rings. The van der Waals surface area contributed by atoms with Gasteiger partial charge in [-0.25, -0.2) is 15.0 Å². The summed E-state index contributed by atoms with van der Waals surface area (Å²) in [6, 6.07) is 13.7. The van der Waals surface area contributed by atoms with Crippen LogP contribution < -0.4 is 21.0 Å². The monoisotopic (exact) mass is 423 g/mol. The van der Waals surface area contributed by atoms with Crippen LogP contribution in [-0.4, -0.2) is 37.9 Å². The maximum Gasteiger partial charge on any atom is 0.413 e. The van der Waals surface area contributed by atoms with E-state index in [2.05, 4.69) is 21.2 Å². The van der Waals surface area contributed by atoms with Gasteiger partial charge in [0.05, 0.1) is 12.8 Å². The third-order valence-corrected chi connectivity index (χ3v) is 4.87. The summed E-state index contributed by atoms with van der Waals surface area (Å²) in [7, 11) is 2.88. The van der Waals surface area contributed by atoms with E-state index in [1.54, 1.807) is 43.4 Å². The van der Waals surface area contributed by atoms with Crippen molar-refractivity contribution in [3.8, 4) is 0 Å². The molecule has 0 unspecified atom stereocenters. The van der Waals surface area contributed by atoms with Crippen molar-refractivity contribution in [1.29, 1.82) is 0 Å². The molecule has 0 saturated carbocycles. The second kappa shape index (κ2) is 8.86. The molecule has 0 aliphatic carbocycles. The molecule has 1 heterocycles. The molecule has 1 aliphatic heterocycles. The van der Waals surface area contributed by atoms with Crippen molar-refractivity contribution < 1.29 is 19.1 Å². The second-order valence-electron chi connectivity index (χ2n) is 7.80. The third-order valence-electron chi connectivity index (χ3n) is 4.87. The smallest absolute Gasteiger partial charge is 0.413 e. The van der Waals surface area contributed by atoms with Crippen LogP contribution in [0.2, 0.25) is 0 Å². The molecule has 0 atom stereocenters. The molecule has 9 nitrogen and oxygen atoms in total. The fourth-order valence-corrected chi connectivity index (χ4v) is 3.32. The highest BCUT2D eigenvalue weighted by molar-refractivity contribution is 6.09. The van der Waals surface area contributed by atoms with Gasteiger partial charge in [-0.05, 0) is 30.3 Å². The van der Waals surface area contributed by atoms with Gasteiger partial charge in [-0.1, -0.05) is 32.0 Å². The second-order valence-corrected chi connectivity index (χ2v) is 7.80. The van der Waals surface area contributed by atoms with E-state index in [0.29, 0.717) is 23.5 Å². The predicted molar refractivity (Wildman–Crippen MR) is 119 cm³/mol. The van der Waals surface area contributed by atoms with Gasteiger partial charge < -0.3 is 15.4 Å². The Labute approximate surface area is 180 Å². The number of carbonyl (C=O) groups excluding carboxylic acids is 3. The van der Waals surface area contributed by atoms with Crippen LogP contribution in [0.15, 0.2) is 53.6 Å². The van der Waals surface area contributed by atoms with Crippen molar-refractivity contribution in [1.82, 2.24) is 5.43 Å². The molecule has 0 fully saturated rings. The maximum atomic E-state index is 12.5. The van der Waals surface area contributed by atoms with Gasteiger partial charge in [0, 0.05) is 41.5 Å². The zero-order chi connectivity index (χ0) is 22.6. The van der Waals surface area contributed by atoms with E-state index in [0.717, 1.165) is 11.3 Å². The number of hydrazone groups is 1. The first kappa shape index (κ1) is 21.8. The average Bonchev–Trinajstić information content (AvgIpc) is 2.72. The van der Waals surface area contributed by atoms with E-state index in [4.69, 9.17) is 4.74 Å². The predicted octanol–water partition coefficient (Wildman–Crippen LogP) is 3.78. The van der Waals surface area contributed by atoms with Crippen molar-refractivity contribution in [2.24, 2.45) is 10.5 Å². The molecule has 0 spiro atoms. The number of amides is 4. The van der Waals surface area contributed by atoms with E-state index >= 15 is 0 Å². The quantitative estimate of drug-likeness (QED) is 0.695. The molecule has 9 heteroatoms. The summed E-state index contributed by atoms with van der Waals surface area (Å²) >= 11 is 0. The van der Waals surface area contributed by atoms with Gasteiger partial charge >= 0.3 is 12.1 Å². The van der Waals surface area contributed by atoms with Crippen LogP contribution in [0.3, 0.4) is 0 Å².